The molecular weight excluding hydrogens is 518 g/mol. The van der Waals surface area contributed by atoms with Gasteiger partial charge >= 0.3 is 17.9 Å². The number of aliphatic carboxylic acids is 3. The molecule has 1 aliphatic heterocycles. The number of aryl methyl sites for hydroxylation is 1. The molecular formula is C25H30ClN5O7. The van der Waals surface area contributed by atoms with E-state index in [1.54, 1.807) is 4.52 Å². The number of nitrogens with zero attached hydrogens (tertiary/aromatic N) is 4. The second-order valence-electron chi connectivity index (χ2n) is 9.31. The summed E-state index contributed by atoms with van der Waals surface area (Å²) in [6.45, 7) is 4.89. The zero-order valence-electron chi connectivity index (χ0n) is 20.7. The van der Waals surface area contributed by atoms with Crippen molar-refractivity contribution in [2.45, 2.75) is 50.7 Å². The van der Waals surface area contributed by atoms with Crippen LogP contribution in [-0.2, 0) is 20.9 Å². The van der Waals surface area contributed by atoms with Crippen molar-refractivity contribution in [2.24, 2.45) is 0 Å². The monoisotopic (exact) mass is 547 g/mol. The predicted molar refractivity (Wildman–Crippen MR) is 138 cm³/mol. The Morgan fingerprint density at radius 2 is 1.79 bits per heavy atom. The minimum absolute atomic E-state index is 0.388. The van der Waals surface area contributed by atoms with Crippen molar-refractivity contribution >= 4 is 41.0 Å². The van der Waals surface area contributed by atoms with Crippen molar-refractivity contribution in [1.82, 2.24) is 19.5 Å². The first kappa shape index (κ1) is 28.8. The average molecular weight is 548 g/mol. The Hall–Kier alpha value is -3.74. The second kappa shape index (κ2) is 12.2. The molecule has 1 aromatic carbocycles. The molecule has 3 aromatic rings. The molecule has 1 saturated heterocycles. The summed E-state index contributed by atoms with van der Waals surface area (Å²) in [6.07, 6.45) is -0.00179. The van der Waals surface area contributed by atoms with Crippen LogP contribution in [0.3, 0.4) is 0 Å². The highest BCUT2D eigenvalue weighted by Crippen LogP contribution is 2.29. The lowest BCUT2D eigenvalue weighted by Crippen LogP contribution is -2.42. The third kappa shape index (κ3) is 7.40. The largest absolute Gasteiger partial charge is 0.481 e. The number of anilines is 1. The first-order valence-corrected chi connectivity index (χ1v) is 12.2. The number of hydrogen-bond acceptors (Lipinski definition) is 8. The Kier molecular flexibility index (Phi) is 9.26. The molecule has 0 amide bonds. The first-order chi connectivity index (χ1) is 17.9. The van der Waals surface area contributed by atoms with Crippen molar-refractivity contribution in [1.29, 1.82) is 0 Å². The number of hydrogen-bond donors (Lipinski definition) is 5. The third-order valence-electron chi connectivity index (χ3n) is 6.16. The molecule has 1 fully saturated rings. The van der Waals surface area contributed by atoms with Crippen LogP contribution in [0.1, 0.15) is 48.6 Å². The minimum atomic E-state index is -2.74. The van der Waals surface area contributed by atoms with E-state index < -0.39 is 36.4 Å². The highest BCUT2D eigenvalue weighted by molar-refractivity contribution is 6.31. The van der Waals surface area contributed by atoms with Crippen LogP contribution in [0.15, 0.2) is 36.4 Å². The summed E-state index contributed by atoms with van der Waals surface area (Å²) in [4.78, 5) is 37.7. The molecule has 12 nitrogen and oxygen atoms in total. The molecule has 0 saturated carbocycles. The summed E-state index contributed by atoms with van der Waals surface area (Å²) in [5.74, 6) is -3.98. The fraction of sp³-hybridized carbons (Fsp3) is 0.400. The number of piperidine rings is 1. The predicted octanol–water partition coefficient (Wildman–Crippen LogP) is 2.40. The molecule has 3 heterocycles. The number of carbonyl (C=O) groups is 3. The second-order valence-corrected chi connectivity index (χ2v) is 9.71. The lowest BCUT2D eigenvalue weighted by atomic mass is 9.94. The van der Waals surface area contributed by atoms with E-state index in [0.717, 1.165) is 54.5 Å². The maximum Gasteiger partial charge on any atom is 0.336 e. The van der Waals surface area contributed by atoms with Crippen LogP contribution < -0.4 is 5.73 Å². The van der Waals surface area contributed by atoms with Crippen molar-refractivity contribution in [3.8, 4) is 0 Å². The quantitative estimate of drug-likeness (QED) is 0.278. The molecule has 0 bridgehead atoms. The standard InChI is InChI=1S/C19H22ClN5.C6H8O7/c1-13-9-19-22-17(10-18(21)25(19)23-13)15-6-4-8-24(12-15)11-14-5-2-3-7-16(14)20;7-3(8)1-6(13,5(11)12)2-4(9)10/h2-3,5,7,9-10,15H,4,6,8,11-12,21H2,1H3;13H,1-2H2,(H,7,8)(H,9,10)(H,11,12). The van der Waals surface area contributed by atoms with E-state index in [1.807, 2.05) is 37.3 Å². The number of aliphatic hydroxyl groups is 1. The summed E-state index contributed by atoms with van der Waals surface area (Å²) < 4.78 is 1.71. The molecule has 2 aromatic heterocycles. The molecule has 13 heteroatoms. The molecule has 1 aliphatic rings. The van der Waals surface area contributed by atoms with Crippen LogP contribution in [0.25, 0.3) is 5.65 Å². The van der Waals surface area contributed by atoms with Crippen molar-refractivity contribution in [3.05, 3.63) is 58.4 Å². The van der Waals surface area contributed by atoms with Gasteiger partial charge in [0, 0.05) is 36.2 Å². The maximum absolute atomic E-state index is 10.3. The summed E-state index contributed by atoms with van der Waals surface area (Å²) >= 11 is 6.32. The van der Waals surface area contributed by atoms with Gasteiger partial charge in [-0.05, 0) is 37.9 Å². The number of carboxylic acid groups (broad SMARTS) is 3. The van der Waals surface area contributed by atoms with Crippen LogP contribution in [0, 0.1) is 6.92 Å². The van der Waals surface area contributed by atoms with E-state index in [-0.39, 0.29) is 0 Å². The van der Waals surface area contributed by atoms with E-state index in [9.17, 15) is 14.4 Å². The van der Waals surface area contributed by atoms with Gasteiger partial charge in [-0.25, -0.2) is 9.78 Å². The number of fused-ring (bicyclic) bond motifs is 1. The van der Waals surface area contributed by atoms with Crippen molar-refractivity contribution in [3.63, 3.8) is 0 Å². The van der Waals surface area contributed by atoms with E-state index in [1.165, 1.54) is 5.56 Å². The maximum atomic E-state index is 10.3. The summed E-state index contributed by atoms with van der Waals surface area (Å²) in [5.41, 5.74) is 7.45. The number of nitrogens with two attached hydrogens (primary N) is 1. The van der Waals surface area contributed by atoms with Crippen LogP contribution in [0.2, 0.25) is 5.02 Å². The number of likely N-dealkylation sites (tertiary alicyclic amines) is 1. The Bertz CT molecular complexity index is 1310. The lowest BCUT2D eigenvalue weighted by molar-refractivity contribution is -0.170. The lowest BCUT2D eigenvalue weighted by Gasteiger charge is -2.32. The number of nitrogen functional groups attached to an aromatic ring is 1. The van der Waals surface area contributed by atoms with E-state index in [2.05, 4.69) is 16.1 Å². The number of rotatable bonds is 8. The Balaban J connectivity index is 0.000000263. The summed E-state index contributed by atoms with van der Waals surface area (Å²) in [7, 11) is 0. The van der Waals surface area contributed by atoms with Gasteiger partial charge < -0.3 is 26.2 Å². The SMILES string of the molecule is Cc1cc2nc(C3CCCN(Cc4ccccc4Cl)C3)cc(N)n2n1.O=C(O)CC(O)(CC(=O)O)C(=O)O. The molecule has 204 valence electrons. The van der Waals surface area contributed by atoms with Crippen LogP contribution in [0.5, 0.6) is 0 Å². The fourth-order valence-electron chi connectivity index (χ4n) is 4.36. The zero-order chi connectivity index (χ0) is 28.0. The fourth-order valence-corrected chi connectivity index (χ4v) is 4.56. The van der Waals surface area contributed by atoms with Gasteiger partial charge in [0.2, 0.25) is 0 Å². The number of carboxylic acids is 3. The van der Waals surface area contributed by atoms with Gasteiger partial charge in [-0.3, -0.25) is 14.5 Å². The van der Waals surface area contributed by atoms with Crippen LogP contribution in [0.4, 0.5) is 5.82 Å². The number of aromatic nitrogens is 3. The highest BCUT2D eigenvalue weighted by atomic mass is 35.5. The highest BCUT2D eigenvalue weighted by Gasteiger charge is 2.40. The van der Waals surface area contributed by atoms with Gasteiger partial charge in [0.05, 0.1) is 24.2 Å². The van der Waals surface area contributed by atoms with Crippen LogP contribution in [-0.4, -0.2) is 76.5 Å². The van der Waals surface area contributed by atoms with Gasteiger partial charge in [-0.15, -0.1) is 0 Å². The van der Waals surface area contributed by atoms with E-state index >= 15 is 0 Å². The zero-order valence-corrected chi connectivity index (χ0v) is 21.5. The molecule has 1 atom stereocenters. The topological polar surface area (TPSA) is 192 Å². The van der Waals surface area contributed by atoms with Gasteiger partial charge in [0.25, 0.3) is 0 Å². The summed E-state index contributed by atoms with van der Waals surface area (Å²) in [6, 6.07) is 12.0. The molecule has 0 aliphatic carbocycles. The smallest absolute Gasteiger partial charge is 0.336 e. The van der Waals surface area contributed by atoms with Gasteiger partial charge in [-0.1, -0.05) is 29.8 Å². The van der Waals surface area contributed by atoms with Gasteiger partial charge in [0.15, 0.2) is 11.2 Å². The molecule has 6 N–H and O–H groups in total. The molecule has 0 radical (unpaired) electrons. The number of halogens is 1. The van der Waals surface area contributed by atoms with Crippen molar-refractivity contribution in [2.75, 3.05) is 18.8 Å². The van der Waals surface area contributed by atoms with Gasteiger partial charge in [0.1, 0.15) is 5.82 Å². The average Bonchev–Trinajstić information content (AvgIpc) is 3.21. The van der Waals surface area contributed by atoms with E-state index in [0.29, 0.717) is 11.7 Å². The van der Waals surface area contributed by atoms with E-state index in [4.69, 9.17) is 42.7 Å². The van der Waals surface area contributed by atoms with Gasteiger partial charge in [-0.2, -0.15) is 9.61 Å². The first-order valence-electron chi connectivity index (χ1n) is 11.9. The molecule has 38 heavy (non-hydrogen) atoms. The normalized spacial score (nSPS) is 16.0. The third-order valence-corrected chi connectivity index (χ3v) is 6.53. The number of benzene rings is 1. The molecule has 0 spiro atoms. The molecule has 1 unspecified atom stereocenters. The Morgan fingerprint density at radius 3 is 2.39 bits per heavy atom. The Labute approximate surface area is 223 Å². The minimum Gasteiger partial charge on any atom is -0.481 e. The summed E-state index contributed by atoms with van der Waals surface area (Å²) in [5, 5.41) is 39.0. The Morgan fingerprint density at radius 1 is 1.13 bits per heavy atom. The van der Waals surface area contributed by atoms with Crippen molar-refractivity contribution < 1.29 is 34.8 Å². The van der Waals surface area contributed by atoms with Crippen LogP contribution >= 0.6 is 11.6 Å². The molecule has 4 rings (SSSR count).